The van der Waals surface area contributed by atoms with Crippen LogP contribution in [0.4, 0.5) is 5.69 Å². The Bertz CT molecular complexity index is 844. The van der Waals surface area contributed by atoms with Gasteiger partial charge in [-0.2, -0.15) is 0 Å². The first-order valence-electron chi connectivity index (χ1n) is 8.54. The second kappa shape index (κ2) is 7.83. The van der Waals surface area contributed by atoms with Gasteiger partial charge in [-0.25, -0.2) is 0 Å². The molecule has 0 fully saturated rings. The van der Waals surface area contributed by atoms with Crippen LogP contribution in [0.3, 0.4) is 0 Å². The summed E-state index contributed by atoms with van der Waals surface area (Å²) in [6, 6.07) is 12.6. The summed E-state index contributed by atoms with van der Waals surface area (Å²) in [7, 11) is 0. The molecule has 1 aliphatic heterocycles. The molecule has 0 aliphatic carbocycles. The minimum atomic E-state index is -0.288. The molecular formula is C20H19BrN2O3. The molecule has 26 heavy (non-hydrogen) atoms. The van der Waals surface area contributed by atoms with Gasteiger partial charge < -0.3 is 5.32 Å². The number of halogens is 1. The average Bonchev–Trinajstić information content (AvgIpc) is 2.88. The third kappa shape index (κ3) is 3.70. The Kier molecular flexibility index (Phi) is 5.52. The van der Waals surface area contributed by atoms with Crippen molar-refractivity contribution < 1.29 is 14.4 Å². The van der Waals surface area contributed by atoms with E-state index >= 15 is 0 Å². The number of carbonyl (C=O) groups is 3. The lowest BCUT2D eigenvalue weighted by Crippen LogP contribution is -2.31. The summed E-state index contributed by atoms with van der Waals surface area (Å²) < 4.78 is 0.838. The van der Waals surface area contributed by atoms with Crippen molar-refractivity contribution in [2.24, 2.45) is 0 Å². The first kappa shape index (κ1) is 18.3. The highest BCUT2D eigenvalue weighted by Gasteiger charge is 2.34. The Balaban J connectivity index is 1.53. The third-order valence-corrected chi connectivity index (χ3v) is 5.04. The van der Waals surface area contributed by atoms with E-state index in [-0.39, 0.29) is 30.7 Å². The van der Waals surface area contributed by atoms with Crippen LogP contribution in [0.1, 0.15) is 46.0 Å². The number of fused-ring (bicyclic) bond motifs is 1. The first-order chi connectivity index (χ1) is 12.5. The quantitative estimate of drug-likeness (QED) is 0.725. The number of hydrogen-bond donors (Lipinski definition) is 1. The molecule has 0 unspecified atom stereocenters. The SMILES string of the molecule is CCc1ccc(NC(=O)CCCN2C(=O)c3ccccc3C2=O)c(Br)c1. The number of rotatable bonds is 6. The summed E-state index contributed by atoms with van der Waals surface area (Å²) >= 11 is 3.46. The van der Waals surface area contributed by atoms with Crippen LogP contribution in [0.2, 0.25) is 0 Å². The van der Waals surface area contributed by atoms with E-state index in [1.54, 1.807) is 24.3 Å². The molecular weight excluding hydrogens is 396 g/mol. The van der Waals surface area contributed by atoms with Crippen molar-refractivity contribution in [2.75, 3.05) is 11.9 Å². The van der Waals surface area contributed by atoms with Crippen molar-refractivity contribution in [3.8, 4) is 0 Å². The lowest BCUT2D eigenvalue weighted by atomic mass is 10.1. The maximum Gasteiger partial charge on any atom is 0.261 e. The van der Waals surface area contributed by atoms with Crippen LogP contribution in [0.5, 0.6) is 0 Å². The van der Waals surface area contributed by atoms with E-state index in [4.69, 9.17) is 0 Å². The maximum absolute atomic E-state index is 12.3. The van der Waals surface area contributed by atoms with Crippen LogP contribution in [-0.4, -0.2) is 29.2 Å². The van der Waals surface area contributed by atoms with Crippen LogP contribution < -0.4 is 5.32 Å². The predicted octanol–water partition coefficient (Wildman–Crippen LogP) is 4.03. The molecule has 0 spiro atoms. The molecule has 0 saturated heterocycles. The number of imide groups is 1. The van der Waals surface area contributed by atoms with Crippen molar-refractivity contribution in [1.82, 2.24) is 4.90 Å². The molecule has 0 atom stereocenters. The van der Waals surface area contributed by atoms with Crippen LogP contribution in [0, 0.1) is 0 Å². The Morgan fingerprint density at radius 2 is 1.73 bits per heavy atom. The second-order valence-corrected chi connectivity index (χ2v) is 6.98. The summed E-state index contributed by atoms with van der Waals surface area (Å²) in [6.45, 7) is 2.30. The molecule has 3 rings (SSSR count). The molecule has 0 radical (unpaired) electrons. The van der Waals surface area contributed by atoms with Gasteiger partial charge in [-0.15, -0.1) is 0 Å². The topological polar surface area (TPSA) is 66.5 Å². The van der Waals surface area contributed by atoms with Crippen LogP contribution in [0.25, 0.3) is 0 Å². The highest BCUT2D eigenvalue weighted by Crippen LogP contribution is 2.25. The smallest absolute Gasteiger partial charge is 0.261 e. The highest BCUT2D eigenvalue weighted by atomic mass is 79.9. The molecule has 6 heteroatoms. The van der Waals surface area contributed by atoms with E-state index in [9.17, 15) is 14.4 Å². The Morgan fingerprint density at radius 3 is 2.31 bits per heavy atom. The van der Waals surface area contributed by atoms with E-state index in [1.807, 2.05) is 18.2 Å². The van der Waals surface area contributed by atoms with Gasteiger partial charge in [0, 0.05) is 17.4 Å². The molecule has 3 amide bonds. The molecule has 0 bridgehead atoms. The van der Waals surface area contributed by atoms with Gasteiger partial charge in [0.05, 0.1) is 16.8 Å². The van der Waals surface area contributed by atoms with Crippen LogP contribution in [-0.2, 0) is 11.2 Å². The Labute approximate surface area is 160 Å². The van der Waals surface area contributed by atoms with E-state index in [2.05, 4.69) is 28.2 Å². The van der Waals surface area contributed by atoms with Gasteiger partial charge in [0.2, 0.25) is 5.91 Å². The van der Waals surface area contributed by atoms with Crippen molar-refractivity contribution in [3.63, 3.8) is 0 Å². The van der Waals surface area contributed by atoms with Crippen molar-refractivity contribution >= 4 is 39.3 Å². The molecule has 0 saturated carbocycles. The summed E-state index contributed by atoms with van der Waals surface area (Å²) in [5.74, 6) is -0.723. The fraction of sp³-hybridized carbons (Fsp3) is 0.250. The zero-order chi connectivity index (χ0) is 18.7. The minimum Gasteiger partial charge on any atom is -0.325 e. The number of amides is 3. The summed E-state index contributed by atoms with van der Waals surface area (Å²) in [5.41, 5.74) is 2.76. The lowest BCUT2D eigenvalue weighted by Gasteiger charge is -2.14. The van der Waals surface area contributed by atoms with Gasteiger partial charge in [0.25, 0.3) is 11.8 Å². The van der Waals surface area contributed by atoms with Gasteiger partial charge in [0.1, 0.15) is 0 Å². The number of nitrogens with zero attached hydrogens (tertiary/aromatic N) is 1. The molecule has 2 aromatic rings. The fourth-order valence-corrected chi connectivity index (χ4v) is 3.46. The van der Waals surface area contributed by atoms with Crippen LogP contribution >= 0.6 is 15.9 Å². The van der Waals surface area contributed by atoms with Crippen molar-refractivity contribution in [1.29, 1.82) is 0 Å². The zero-order valence-corrected chi connectivity index (χ0v) is 16.0. The number of carbonyl (C=O) groups excluding carboxylic acids is 3. The van der Waals surface area contributed by atoms with Gasteiger partial charge in [0.15, 0.2) is 0 Å². The first-order valence-corrected chi connectivity index (χ1v) is 9.34. The summed E-state index contributed by atoms with van der Waals surface area (Å²) in [5, 5.41) is 2.85. The summed E-state index contributed by atoms with van der Waals surface area (Å²) in [4.78, 5) is 37.9. The molecule has 5 nitrogen and oxygen atoms in total. The third-order valence-electron chi connectivity index (χ3n) is 4.38. The Hall–Kier alpha value is -2.47. The standard InChI is InChI=1S/C20H19BrN2O3/c1-2-13-9-10-17(16(21)12-13)22-18(24)8-5-11-23-19(25)14-6-3-4-7-15(14)20(23)26/h3-4,6-7,9-10,12H,2,5,8,11H2,1H3,(H,22,24). The number of anilines is 1. The normalized spacial score (nSPS) is 13.1. The maximum atomic E-state index is 12.3. The number of aryl methyl sites for hydroxylation is 1. The van der Waals surface area contributed by atoms with Crippen LogP contribution in [0.15, 0.2) is 46.9 Å². The van der Waals surface area contributed by atoms with E-state index in [0.29, 0.717) is 23.2 Å². The molecule has 1 heterocycles. The molecule has 134 valence electrons. The molecule has 2 aromatic carbocycles. The summed E-state index contributed by atoms with van der Waals surface area (Å²) in [6.07, 6.45) is 1.57. The number of nitrogens with one attached hydrogen (secondary N) is 1. The van der Waals surface area contributed by atoms with E-state index < -0.39 is 0 Å². The largest absolute Gasteiger partial charge is 0.325 e. The fourth-order valence-electron chi connectivity index (χ4n) is 2.93. The molecule has 0 aromatic heterocycles. The van der Waals surface area contributed by atoms with E-state index in [0.717, 1.165) is 10.9 Å². The van der Waals surface area contributed by atoms with Crippen molar-refractivity contribution in [2.45, 2.75) is 26.2 Å². The molecule has 1 N–H and O–H groups in total. The second-order valence-electron chi connectivity index (χ2n) is 6.13. The van der Waals surface area contributed by atoms with Gasteiger partial charge in [-0.1, -0.05) is 25.1 Å². The van der Waals surface area contributed by atoms with Crippen molar-refractivity contribution in [3.05, 3.63) is 63.6 Å². The molecule has 1 aliphatic rings. The lowest BCUT2D eigenvalue weighted by molar-refractivity contribution is -0.116. The Morgan fingerprint density at radius 1 is 1.08 bits per heavy atom. The highest BCUT2D eigenvalue weighted by molar-refractivity contribution is 9.10. The minimum absolute atomic E-state index is 0.147. The predicted molar refractivity (Wildman–Crippen MR) is 103 cm³/mol. The van der Waals surface area contributed by atoms with E-state index in [1.165, 1.54) is 10.5 Å². The zero-order valence-electron chi connectivity index (χ0n) is 14.4. The monoisotopic (exact) mass is 414 g/mol. The van der Waals surface area contributed by atoms with Gasteiger partial charge in [-0.05, 0) is 58.6 Å². The average molecular weight is 415 g/mol. The number of benzene rings is 2. The number of hydrogen-bond acceptors (Lipinski definition) is 3. The van der Waals surface area contributed by atoms with Gasteiger partial charge >= 0.3 is 0 Å². The van der Waals surface area contributed by atoms with Gasteiger partial charge in [-0.3, -0.25) is 19.3 Å².